The first kappa shape index (κ1) is 38.5. The Labute approximate surface area is 340 Å². The molecule has 10 nitrogen and oxygen atoms in total. The normalized spacial score (nSPS) is 11.5. The number of aliphatic carboxylic acids is 1. The number of hydrogen-bond acceptors (Lipinski definition) is 4. The fraction of sp³-hybridized carbons (Fsp3) is 0.109. The molecule has 7 aromatic heterocycles. The molecule has 0 amide bonds. The Kier molecular flexibility index (Phi) is 10.9. The summed E-state index contributed by atoms with van der Waals surface area (Å²) in [6, 6.07) is 33.3. The molecular weight excluding hydrogens is 752 g/mol. The molecule has 0 aliphatic carbocycles. The number of carboxylic acids is 1. The van der Waals surface area contributed by atoms with E-state index in [0.717, 1.165) is 96.8 Å². The zero-order valence-corrected chi connectivity index (χ0v) is 33.2. The van der Waals surface area contributed by atoms with Gasteiger partial charge in [-0.25, -0.2) is 28.2 Å². The predicted molar refractivity (Wildman–Crippen MR) is 214 cm³/mol. The smallest absolute Gasteiger partial charge is 0.656 e. The monoisotopic (exact) mass is 791 g/mol. The van der Waals surface area contributed by atoms with Crippen molar-refractivity contribution in [2.45, 2.75) is 6.92 Å². The van der Waals surface area contributed by atoms with Crippen LogP contribution in [0.1, 0.15) is 29.7 Å². The van der Waals surface area contributed by atoms with Crippen LogP contribution in [0, 0.1) is 0 Å². The number of rotatable bonds is 4. The van der Waals surface area contributed by atoms with Gasteiger partial charge in [-0.05, 0) is 55.5 Å². The summed E-state index contributed by atoms with van der Waals surface area (Å²) in [4.78, 5) is 30.4. The second-order valence-electron chi connectivity index (χ2n) is 13.6. The summed E-state index contributed by atoms with van der Waals surface area (Å²) in [5, 5.41) is 8.89. The minimum Gasteiger partial charge on any atom is -0.656 e. The van der Waals surface area contributed by atoms with Crippen LogP contribution in [0.5, 0.6) is 0 Å². The number of carbonyl (C=O) groups is 1. The van der Waals surface area contributed by atoms with Crippen LogP contribution in [0.25, 0.3) is 91.4 Å². The number of pyridine rings is 4. The van der Waals surface area contributed by atoms with Gasteiger partial charge in [0.15, 0.2) is 24.8 Å². The van der Waals surface area contributed by atoms with Crippen molar-refractivity contribution in [1.29, 1.82) is 0 Å². The van der Waals surface area contributed by atoms with Gasteiger partial charge in [-0.1, -0.05) is 24.3 Å². The average Bonchev–Trinajstić information content (AvgIpc) is 4.02. The third kappa shape index (κ3) is 7.46. The first-order chi connectivity index (χ1) is 27.2. The van der Waals surface area contributed by atoms with Crippen molar-refractivity contribution < 1.29 is 45.2 Å². The molecule has 1 radical (unpaired) electrons. The minimum absolute atomic E-state index is 0. The number of aryl methyl sites for hydroxylation is 4. The van der Waals surface area contributed by atoms with Gasteiger partial charge < -0.3 is 19.9 Å². The molecule has 57 heavy (non-hydrogen) atoms. The summed E-state index contributed by atoms with van der Waals surface area (Å²) >= 11 is 0. The standard InChI is InChI=1S/C44H36N8.C2H4O2.Fe/c1-49-25-9-5-13-37(49)41-29-17-19-31(45-29)42(38-14-6-10-26-50(38)2)33-21-23-35(47-33)44(40-16-8-12-28-52(40)4)36-24-22-34(48-36)43(32-20-18-30(41)46-32)39-15-7-11-27-51(39)3;1-2(3)4;/h5-28H,1-4H3;1H3,(H,3,4);/q+2;;+3/p-1. The zero-order chi connectivity index (χ0) is 38.9. The molecule has 2 aliphatic rings. The third-order valence-electron chi connectivity index (χ3n) is 9.85. The van der Waals surface area contributed by atoms with E-state index in [2.05, 4.69) is 168 Å². The maximum absolute atomic E-state index is 8.89. The largest absolute Gasteiger partial charge is 3.00 e. The van der Waals surface area contributed by atoms with Crippen LogP contribution < -0.4 is 33.3 Å². The second-order valence-corrected chi connectivity index (χ2v) is 13.6. The summed E-state index contributed by atoms with van der Waals surface area (Å²) in [5.41, 5.74) is 14.5. The van der Waals surface area contributed by atoms with Crippen LogP contribution in [0.15, 0.2) is 122 Å². The molecule has 11 heteroatoms. The maximum atomic E-state index is 8.89. The Morgan fingerprint density at radius 2 is 0.684 bits per heavy atom. The molecule has 2 aliphatic heterocycles. The number of fused-ring (bicyclic) bond motifs is 8. The van der Waals surface area contributed by atoms with Gasteiger partial charge in [-0.15, -0.1) is 22.1 Å². The molecule has 0 spiro atoms. The summed E-state index contributed by atoms with van der Waals surface area (Å²) in [6.07, 6.45) is 16.6. The van der Waals surface area contributed by atoms with E-state index in [4.69, 9.17) is 29.8 Å². The molecular formula is C46H39FeN8O2+4. The summed E-state index contributed by atoms with van der Waals surface area (Å²) in [5.74, 6) is -1.08. The summed E-state index contributed by atoms with van der Waals surface area (Å²) < 4.78 is 8.49. The maximum Gasteiger partial charge on any atom is 3.00 e. The molecule has 8 bridgehead atoms. The fourth-order valence-electron chi connectivity index (χ4n) is 7.27. The summed E-state index contributed by atoms with van der Waals surface area (Å²) in [6.45, 7) is 0.972. The van der Waals surface area contributed by atoms with E-state index in [9.17, 15) is 0 Å². The van der Waals surface area contributed by atoms with Gasteiger partial charge in [0.05, 0.1) is 45.0 Å². The van der Waals surface area contributed by atoms with Crippen LogP contribution in [0.3, 0.4) is 0 Å². The van der Waals surface area contributed by atoms with E-state index < -0.39 is 5.97 Å². The van der Waals surface area contributed by atoms with Gasteiger partial charge in [0.25, 0.3) is 0 Å². The quantitative estimate of drug-likeness (QED) is 0.190. The van der Waals surface area contributed by atoms with Crippen molar-refractivity contribution in [2.24, 2.45) is 28.2 Å². The average molecular weight is 792 g/mol. The molecule has 0 saturated carbocycles. The molecule has 0 N–H and O–H groups in total. The van der Waals surface area contributed by atoms with Crippen LogP contribution in [0.2, 0.25) is 0 Å². The Bertz CT molecular complexity index is 2550. The molecule has 9 rings (SSSR count). The first-order valence-corrected chi connectivity index (χ1v) is 18.2. The van der Waals surface area contributed by atoms with E-state index in [-0.39, 0.29) is 17.1 Å². The molecule has 7 aromatic rings. The summed E-state index contributed by atoms with van der Waals surface area (Å²) in [7, 11) is 8.24. The second kappa shape index (κ2) is 16.1. The first-order valence-electron chi connectivity index (χ1n) is 18.2. The van der Waals surface area contributed by atoms with E-state index in [1.807, 2.05) is 24.3 Å². The molecule has 9 heterocycles. The van der Waals surface area contributed by atoms with E-state index in [1.54, 1.807) is 0 Å². The van der Waals surface area contributed by atoms with E-state index >= 15 is 0 Å². The Hall–Kier alpha value is -6.81. The van der Waals surface area contributed by atoms with Gasteiger partial charge in [0.1, 0.15) is 28.2 Å². The fourth-order valence-corrected chi connectivity index (χ4v) is 7.27. The van der Waals surface area contributed by atoms with Crippen LogP contribution in [0.4, 0.5) is 0 Å². The molecule has 0 saturated heterocycles. The number of aromatic nitrogens is 8. The van der Waals surface area contributed by atoms with Crippen molar-refractivity contribution >= 4 is 52.3 Å². The zero-order valence-electron chi connectivity index (χ0n) is 32.1. The van der Waals surface area contributed by atoms with Gasteiger partial charge in [0, 0.05) is 54.5 Å². The minimum atomic E-state index is -1.08. The Morgan fingerprint density at radius 1 is 0.456 bits per heavy atom. The topological polar surface area (TPSA) is 110 Å². The van der Waals surface area contributed by atoms with Crippen molar-refractivity contribution in [3.05, 3.63) is 145 Å². The Balaban J connectivity index is 0.000000949. The number of hydrogen-bond donors (Lipinski definition) is 0. The van der Waals surface area contributed by atoms with Gasteiger partial charge in [-0.2, -0.15) is 0 Å². The number of carbonyl (C=O) groups excluding carboxylic acids is 1. The van der Waals surface area contributed by atoms with Gasteiger partial charge >= 0.3 is 17.1 Å². The molecule has 0 atom stereocenters. The molecule has 0 unspecified atom stereocenters. The van der Waals surface area contributed by atoms with E-state index in [0.29, 0.717) is 0 Å². The van der Waals surface area contributed by atoms with Crippen LogP contribution in [-0.4, -0.2) is 15.9 Å². The number of nitrogens with zero attached hydrogens (tertiary/aromatic N) is 8. The van der Waals surface area contributed by atoms with Crippen LogP contribution in [-0.2, 0) is 50.1 Å². The van der Waals surface area contributed by atoms with Crippen molar-refractivity contribution in [2.75, 3.05) is 0 Å². The predicted octanol–water partition coefficient (Wildman–Crippen LogP) is 4.63. The molecule has 0 fully saturated rings. The van der Waals surface area contributed by atoms with Crippen LogP contribution >= 0.6 is 0 Å². The molecule has 0 aromatic carbocycles. The number of carboxylic acid groups (broad SMARTS) is 1. The Morgan fingerprint density at radius 3 is 0.895 bits per heavy atom. The van der Waals surface area contributed by atoms with Gasteiger partial charge in [0.2, 0.25) is 22.8 Å². The third-order valence-corrected chi connectivity index (χ3v) is 9.85. The molecule has 279 valence electrons. The van der Waals surface area contributed by atoms with Crippen molar-refractivity contribution in [3.8, 4) is 45.0 Å². The van der Waals surface area contributed by atoms with E-state index in [1.165, 1.54) is 0 Å². The SMILES string of the molecule is CC(=O)[O-].C[n+]1ccccc1-c1c2nc(c(-c3cccc[n+]3C)c3ccc([n-]3)c(-c3cccc[n+]3C)c3nc(c(-c4cccc[n+]4C)c4ccc1[n-]4)C=C3)C=C2.[Fe+3]. The van der Waals surface area contributed by atoms with Crippen molar-refractivity contribution in [3.63, 3.8) is 0 Å². The van der Waals surface area contributed by atoms with Crippen molar-refractivity contribution in [1.82, 2.24) is 19.9 Å². The van der Waals surface area contributed by atoms with Gasteiger partial charge in [-0.3, -0.25) is 0 Å².